The lowest BCUT2D eigenvalue weighted by Gasteiger charge is -2.11. The van der Waals surface area contributed by atoms with Gasteiger partial charge in [0.05, 0.1) is 6.61 Å². The second-order valence-corrected chi connectivity index (χ2v) is 5.95. The molecule has 0 amide bonds. The van der Waals surface area contributed by atoms with E-state index in [0.717, 1.165) is 31.0 Å². The van der Waals surface area contributed by atoms with Gasteiger partial charge < -0.3 is 14.8 Å². The molecule has 5 heteroatoms. The van der Waals surface area contributed by atoms with Gasteiger partial charge in [0, 0.05) is 23.6 Å². The number of Topliss-reactive ketones (excluding diaryl/α,β-unsaturated/α-hetero) is 1. The second kappa shape index (κ2) is 10.7. The molecule has 0 bridgehead atoms. The highest BCUT2D eigenvalue weighted by Gasteiger charge is 2.05. The molecule has 1 N–H and O–H groups in total. The number of rotatable bonds is 11. The second-order valence-electron chi connectivity index (χ2n) is 5.51. The number of ketones is 1. The topological polar surface area (TPSA) is 47.6 Å². The fraction of sp³-hybridized carbons (Fsp3) is 0.350. The number of hydrogen-bond donors (Lipinski definition) is 1. The van der Waals surface area contributed by atoms with Crippen molar-refractivity contribution in [2.75, 3.05) is 26.3 Å². The largest absolute Gasteiger partial charge is 0.490 e. The van der Waals surface area contributed by atoms with E-state index in [-0.39, 0.29) is 5.78 Å². The molecule has 0 spiro atoms. The Morgan fingerprint density at radius 2 is 1.68 bits per heavy atom. The van der Waals surface area contributed by atoms with Crippen molar-refractivity contribution >= 4 is 17.4 Å². The predicted octanol–water partition coefficient (Wildman–Crippen LogP) is 4.37. The van der Waals surface area contributed by atoms with Gasteiger partial charge in [0.15, 0.2) is 17.3 Å². The Balaban J connectivity index is 1.59. The minimum Gasteiger partial charge on any atom is -0.490 e. The van der Waals surface area contributed by atoms with Crippen molar-refractivity contribution in [2.24, 2.45) is 0 Å². The summed E-state index contributed by atoms with van der Waals surface area (Å²) in [7, 11) is 0. The van der Waals surface area contributed by atoms with Gasteiger partial charge >= 0.3 is 0 Å². The van der Waals surface area contributed by atoms with Crippen LogP contribution in [-0.4, -0.2) is 32.1 Å². The lowest BCUT2D eigenvalue weighted by atomic mass is 10.1. The third-order valence-corrected chi connectivity index (χ3v) is 3.86. The number of hydrogen-bond acceptors (Lipinski definition) is 4. The number of halogens is 1. The first kappa shape index (κ1) is 19.3. The molecule has 0 aromatic heterocycles. The maximum atomic E-state index is 12.0. The van der Waals surface area contributed by atoms with E-state index in [1.54, 1.807) is 24.3 Å². The van der Waals surface area contributed by atoms with E-state index in [4.69, 9.17) is 21.1 Å². The van der Waals surface area contributed by atoms with Crippen molar-refractivity contribution in [2.45, 2.75) is 19.8 Å². The molecule has 0 heterocycles. The highest BCUT2D eigenvalue weighted by Crippen LogP contribution is 2.26. The smallest absolute Gasteiger partial charge is 0.162 e. The van der Waals surface area contributed by atoms with Crippen LogP contribution in [0.2, 0.25) is 5.02 Å². The number of benzene rings is 2. The Bertz CT molecular complexity index is 658. The van der Waals surface area contributed by atoms with Gasteiger partial charge in [-0.3, -0.25) is 4.79 Å². The number of nitrogens with one attached hydrogen (secondary N) is 1. The number of carbonyl (C=O) groups excluding carboxylic acids is 1. The molecule has 4 nitrogen and oxygen atoms in total. The van der Waals surface area contributed by atoms with Crippen molar-refractivity contribution in [1.29, 1.82) is 0 Å². The number of carbonyl (C=O) groups is 1. The summed E-state index contributed by atoms with van der Waals surface area (Å²) >= 11 is 5.82. The van der Waals surface area contributed by atoms with Gasteiger partial charge in [-0.1, -0.05) is 23.7 Å². The number of para-hydroxylation sites is 2. The summed E-state index contributed by atoms with van der Waals surface area (Å²) < 4.78 is 11.2. The zero-order valence-electron chi connectivity index (χ0n) is 14.5. The zero-order valence-corrected chi connectivity index (χ0v) is 15.2. The van der Waals surface area contributed by atoms with Crippen LogP contribution in [0.4, 0.5) is 0 Å². The summed E-state index contributed by atoms with van der Waals surface area (Å²) in [4.78, 5) is 12.0. The summed E-state index contributed by atoms with van der Waals surface area (Å²) in [6.07, 6.45) is 1.31. The lowest BCUT2D eigenvalue weighted by Crippen LogP contribution is -2.22. The molecule has 0 aliphatic heterocycles. The van der Waals surface area contributed by atoms with Crippen LogP contribution in [0.15, 0.2) is 48.5 Å². The first-order valence-corrected chi connectivity index (χ1v) is 8.92. The SMILES string of the molecule is CCOc1ccccc1OCCNCCCC(=O)c1ccc(Cl)cc1. The van der Waals surface area contributed by atoms with Gasteiger partial charge in [-0.15, -0.1) is 0 Å². The molecular formula is C20H24ClNO3. The van der Waals surface area contributed by atoms with Gasteiger partial charge in [0.25, 0.3) is 0 Å². The van der Waals surface area contributed by atoms with Crippen molar-refractivity contribution in [3.63, 3.8) is 0 Å². The molecule has 2 rings (SSSR count). The lowest BCUT2D eigenvalue weighted by molar-refractivity contribution is 0.0980. The van der Waals surface area contributed by atoms with Gasteiger partial charge in [-0.05, 0) is 56.3 Å². The Hall–Kier alpha value is -2.04. The van der Waals surface area contributed by atoms with Crippen LogP contribution in [0.5, 0.6) is 11.5 Å². The standard InChI is InChI=1S/C20H24ClNO3/c1-2-24-19-7-3-4-8-20(19)25-15-14-22-13-5-6-18(23)16-9-11-17(21)12-10-16/h3-4,7-12,22H,2,5-6,13-15H2,1H3. The van der Waals surface area contributed by atoms with Crippen molar-refractivity contribution < 1.29 is 14.3 Å². The Morgan fingerprint density at radius 3 is 2.36 bits per heavy atom. The van der Waals surface area contributed by atoms with Crippen LogP contribution in [-0.2, 0) is 0 Å². The molecule has 0 aliphatic rings. The predicted molar refractivity (Wildman–Crippen MR) is 101 cm³/mol. The van der Waals surface area contributed by atoms with E-state index in [1.165, 1.54) is 0 Å². The molecule has 2 aromatic carbocycles. The van der Waals surface area contributed by atoms with Gasteiger partial charge in [-0.25, -0.2) is 0 Å². The van der Waals surface area contributed by atoms with Gasteiger partial charge in [0.1, 0.15) is 6.61 Å². The molecule has 2 aromatic rings. The summed E-state index contributed by atoms with van der Waals surface area (Å²) in [5.74, 6) is 1.66. The van der Waals surface area contributed by atoms with Crippen LogP contribution in [0.3, 0.4) is 0 Å². The molecule has 0 atom stereocenters. The molecule has 0 radical (unpaired) electrons. The van der Waals surface area contributed by atoms with E-state index in [1.807, 2.05) is 31.2 Å². The van der Waals surface area contributed by atoms with Crippen molar-refractivity contribution in [3.8, 4) is 11.5 Å². The van der Waals surface area contributed by atoms with Gasteiger partial charge in [-0.2, -0.15) is 0 Å². The summed E-state index contributed by atoms with van der Waals surface area (Å²) in [6.45, 7) is 4.60. The monoisotopic (exact) mass is 361 g/mol. The van der Waals surface area contributed by atoms with Crippen molar-refractivity contribution in [1.82, 2.24) is 5.32 Å². The Kier molecular flexibility index (Phi) is 8.29. The summed E-state index contributed by atoms with van der Waals surface area (Å²) in [6, 6.07) is 14.7. The third-order valence-electron chi connectivity index (χ3n) is 3.61. The minimum absolute atomic E-state index is 0.139. The van der Waals surface area contributed by atoms with E-state index in [9.17, 15) is 4.79 Å². The van der Waals surface area contributed by atoms with Crippen LogP contribution >= 0.6 is 11.6 Å². The maximum absolute atomic E-state index is 12.0. The fourth-order valence-electron chi connectivity index (χ4n) is 2.36. The first-order valence-electron chi connectivity index (χ1n) is 8.55. The first-order chi connectivity index (χ1) is 12.2. The average Bonchev–Trinajstić information content (AvgIpc) is 2.63. The average molecular weight is 362 g/mol. The molecule has 0 aliphatic carbocycles. The highest BCUT2D eigenvalue weighted by atomic mass is 35.5. The van der Waals surface area contributed by atoms with Crippen LogP contribution < -0.4 is 14.8 Å². The Labute approximate surface area is 154 Å². The third kappa shape index (κ3) is 6.77. The maximum Gasteiger partial charge on any atom is 0.162 e. The summed E-state index contributed by atoms with van der Waals surface area (Å²) in [5, 5.41) is 3.93. The molecule has 0 saturated heterocycles. The molecule has 134 valence electrons. The highest BCUT2D eigenvalue weighted by molar-refractivity contribution is 6.30. The fourth-order valence-corrected chi connectivity index (χ4v) is 2.48. The van der Waals surface area contributed by atoms with Gasteiger partial charge in [0.2, 0.25) is 0 Å². The summed E-state index contributed by atoms with van der Waals surface area (Å²) in [5.41, 5.74) is 0.709. The normalized spacial score (nSPS) is 10.5. The molecule has 0 fully saturated rings. The quantitative estimate of drug-likeness (QED) is 0.477. The van der Waals surface area contributed by atoms with E-state index in [0.29, 0.717) is 30.2 Å². The van der Waals surface area contributed by atoms with Crippen LogP contribution in [0.25, 0.3) is 0 Å². The van der Waals surface area contributed by atoms with E-state index < -0.39 is 0 Å². The van der Waals surface area contributed by atoms with Crippen molar-refractivity contribution in [3.05, 3.63) is 59.1 Å². The van der Waals surface area contributed by atoms with Crippen LogP contribution in [0, 0.1) is 0 Å². The Morgan fingerprint density at radius 1 is 1.00 bits per heavy atom. The molecule has 0 unspecified atom stereocenters. The van der Waals surface area contributed by atoms with E-state index >= 15 is 0 Å². The minimum atomic E-state index is 0.139. The van der Waals surface area contributed by atoms with E-state index in [2.05, 4.69) is 5.32 Å². The molecular weight excluding hydrogens is 338 g/mol. The molecule has 25 heavy (non-hydrogen) atoms. The number of ether oxygens (including phenoxy) is 2. The van der Waals surface area contributed by atoms with Crippen LogP contribution in [0.1, 0.15) is 30.1 Å². The molecule has 0 saturated carbocycles. The zero-order chi connectivity index (χ0) is 17.9.